The molecule has 1 aliphatic heterocycles. The van der Waals surface area contributed by atoms with Gasteiger partial charge in [0, 0.05) is 44.9 Å². The number of halogens is 1. The van der Waals surface area contributed by atoms with E-state index >= 15 is 0 Å². The molecule has 0 N–H and O–H groups in total. The van der Waals surface area contributed by atoms with E-state index in [2.05, 4.69) is 26.9 Å². The van der Waals surface area contributed by atoms with Crippen molar-refractivity contribution in [3.63, 3.8) is 0 Å². The van der Waals surface area contributed by atoms with Crippen LogP contribution in [0.2, 0.25) is 0 Å². The van der Waals surface area contributed by atoms with Crippen molar-refractivity contribution in [3.8, 4) is 11.5 Å². The van der Waals surface area contributed by atoms with E-state index < -0.39 is 0 Å². The Balaban J connectivity index is 1.56. The Morgan fingerprint density at radius 2 is 2.04 bits per heavy atom. The third-order valence-corrected chi connectivity index (χ3v) is 4.35. The smallest absolute Gasteiger partial charge is 0.247 e. The number of hydrogen-bond acceptors (Lipinski definition) is 6. The molecule has 6 nitrogen and oxygen atoms in total. The van der Waals surface area contributed by atoms with Crippen molar-refractivity contribution < 1.29 is 13.5 Å². The second-order valence-electron chi connectivity index (χ2n) is 6.12. The van der Waals surface area contributed by atoms with Gasteiger partial charge in [-0.25, -0.2) is 4.39 Å². The van der Waals surface area contributed by atoms with Crippen molar-refractivity contribution in [2.75, 3.05) is 39.9 Å². The fraction of sp³-hybridized carbons (Fsp3) is 0.529. The van der Waals surface area contributed by atoms with E-state index in [-0.39, 0.29) is 5.82 Å². The van der Waals surface area contributed by atoms with Crippen molar-refractivity contribution >= 4 is 0 Å². The van der Waals surface area contributed by atoms with Crippen LogP contribution in [0, 0.1) is 5.82 Å². The number of benzene rings is 1. The predicted molar refractivity (Wildman–Crippen MR) is 87.9 cm³/mol. The zero-order valence-corrected chi connectivity index (χ0v) is 14.1. The molecule has 1 aromatic heterocycles. The summed E-state index contributed by atoms with van der Waals surface area (Å²) in [6.45, 7) is 7.50. The lowest BCUT2D eigenvalue weighted by Crippen LogP contribution is -2.52. The number of aromatic nitrogens is 2. The predicted octanol–water partition coefficient (Wildman–Crippen LogP) is 2.03. The lowest BCUT2D eigenvalue weighted by molar-refractivity contribution is 0.0522. The fourth-order valence-corrected chi connectivity index (χ4v) is 2.97. The van der Waals surface area contributed by atoms with Gasteiger partial charge < -0.3 is 9.15 Å². The molecule has 1 aliphatic rings. The van der Waals surface area contributed by atoms with Crippen LogP contribution in [0.25, 0.3) is 11.5 Å². The van der Waals surface area contributed by atoms with Crippen LogP contribution in [-0.4, -0.2) is 65.9 Å². The maximum absolute atomic E-state index is 13.0. The average Bonchev–Trinajstić information content (AvgIpc) is 3.03. The Kier molecular flexibility index (Phi) is 5.55. The van der Waals surface area contributed by atoms with Crippen molar-refractivity contribution in [2.24, 2.45) is 0 Å². The average molecular weight is 334 g/mol. The maximum Gasteiger partial charge on any atom is 0.247 e. The number of ether oxygens (including phenoxy) is 1. The molecule has 24 heavy (non-hydrogen) atoms. The first-order chi connectivity index (χ1) is 11.7. The minimum Gasteiger partial charge on any atom is -0.419 e. The highest BCUT2D eigenvalue weighted by Gasteiger charge is 2.24. The third kappa shape index (κ3) is 4.17. The van der Waals surface area contributed by atoms with Crippen LogP contribution in [0.3, 0.4) is 0 Å². The summed E-state index contributed by atoms with van der Waals surface area (Å²) in [7, 11) is 1.73. The van der Waals surface area contributed by atoms with Crippen molar-refractivity contribution in [2.45, 2.75) is 19.5 Å². The molecular weight excluding hydrogens is 311 g/mol. The Labute approximate surface area is 141 Å². The SMILES string of the molecule is COCCN1CCN(Cc2nnc(-c3ccc(F)cc3)o2)C[C@H]1C. The lowest BCUT2D eigenvalue weighted by atomic mass is 10.2. The molecule has 1 fully saturated rings. The van der Waals surface area contributed by atoms with Crippen molar-refractivity contribution in [1.82, 2.24) is 20.0 Å². The van der Waals surface area contributed by atoms with E-state index in [1.54, 1.807) is 19.2 Å². The molecule has 0 spiro atoms. The Morgan fingerprint density at radius 1 is 1.25 bits per heavy atom. The van der Waals surface area contributed by atoms with Gasteiger partial charge in [0.2, 0.25) is 11.8 Å². The van der Waals surface area contributed by atoms with Gasteiger partial charge in [0.1, 0.15) is 5.82 Å². The molecule has 7 heteroatoms. The second kappa shape index (κ2) is 7.83. The van der Waals surface area contributed by atoms with Crippen LogP contribution in [0.5, 0.6) is 0 Å². The van der Waals surface area contributed by atoms with Crippen LogP contribution in [0.15, 0.2) is 28.7 Å². The first-order valence-corrected chi connectivity index (χ1v) is 8.19. The van der Waals surface area contributed by atoms with E-state index in [1.807, 2.05) is 0 Å². The second-order valence-corrected chi connectivity index (χ2v) is 6.12. The summed E-state index contributed by atoms with van der Waals surface area (Å²) >= 11 is 0. The first kappa shape index (κ1) is 17.0. The van der Waals surface area contributed by atoms with Gasteiger partial charge in [-0.2, -0.15) is 0 Å². The molecule has 3 rings (SSSR count). The molecule has 2 heterocycles. The van der Waals surface area contributed by atoms with E-state index in [9.17, 15) is 4.39 Å². The third-order valence-electron chi connectivity index (χ3n) is 4.35. The molecular formula is C17H23FN4O2. The number of nitrogens with zero attached hydrogens (tertiary/aromatic N) is 4. The molecule has 1 saturated heterocycles. The fourth-order valence-electron chi connectivity index (χ4n) is 2.97. The molecule has 130 valence electrons. The van der Waals surface area contributed by atoms with Gasteiger partial charge in [0.25, 0.3) is 0 Å². The van der Waals surface area contributed by atoms with Gasteiger partial charge in [0.15, 0.2) is 0 Å². The highest BCUT2D eigenvalue weighted by atomic mass is 19.1. The Hall–Kier alpha value is -1.83. The Bertz CT molecular complexity index is 646. The van der Waals surface area contributed by atoms with Crippen LogP contribution in [0.1, 0.15) is 12.8 Å². The summed E-state index contributed by atoms with van der Waals surface area (Å²) in [6, 6.07) is 6.53. The molecule has 0 unspecified atom stereocenters. The summed E-state index contributed by atoms with van der Waals surface area (Å²) in [5.41, 5.74) is 0.730. The molecule has 1 aromatic carbocycles. The van der Waals surface area contributed by atoms with Crippen LogP contribution in [-0.2, 0) is 11.3 Å². The quantitative estimate of drug-likeness (QED) is 0.806. The minimum absolute atomic E-state index is 0.279. The van der Waals surface area contributed by atoms with E-state index in [0.29, 0.717) is 24.4 Å². The summed E-state index contributed by atoms with van der Waals surface area (Å²) in [5, 5.41) is 8.18. The minimum atomic E-state index is -0.279. The molecule has 0 bridgehead atoms. The largest absolute Gasteiger partial charge is 0.419 e. The zero-order valence-electron chi connectivity index (χ0n) is 14.1. The van der Waals surface area contributed by atoms with Gasteiger partial charge in [-0.1, -0.05) is 0 Å². The molecule has 0 aliphatic carbocycles. The summed E-state index contributed by atoms with van der Waals surface area (Å²) in [6.07, 6.45) is 0. The van der Waals surface area contributed by atoms with Crippen LogP contribution < -0.4 is 0 Å². The molecule has 2 aromatic rings. The number of hydrogen-bond donors (Lipinski definition) is 0. The normalized spacial score (nSPS) is 19.7. The van der Waals surface area contributed by atoms with Crippen molar-refractivity contribution in [3.05, 3.63) is 36.0 Å². The molecule has 0 radical (unpaired) electrons. The first-order valence-electron chi connectivity index (χ1n) is 8.19. The molecule has 1 atom stereocenters. The highest BCUT2D eigenvalue weighted by Crippen LogP contribution is 2.19. The van der Waals surface area contributed by atoms with Gasteiger partial charge in [-0.3, -0.25) is 9.80 Å². The summed E-state index contributed by atoms with van der Waals surface area (Å²) in [5.74, 6) is 0.738. The van der Waals surface area contributed by atoms with Gasteiger partial charge in [0.05, 0.1) is 13.2 Å². The lowest BCUT2D eigenvalue weighted by Gasteiger charge is -2.39. The summed E-state index contributed by atoms with van der Waals surface area (Å²) in [4.78, 5) is 4.74. The number of rotatable bonds is 6. The molecule has 0 saturated carbocycles. The Morgan fingerprint density at radius 3 is 2.75 bits per heavy atom. The van der Waals surface area contributed by atoms with Crippen molar-refractivity contribution in [1.29, 1.82) is 0 Å². The maximum atomic E-state index is 13.0. The highest BCUT2D eigenvalue weighted by molar-refractivity contribution is 5.51. The summed E-state index contributed by atoms with van der Waals surface area (Å²) < 4.78 is 23.9. The molecule has 0 amide bonds. The number of piperazine rings is 1. The van der Waals surface area contributed by atoms with E-state index in [4.69, 9.17) is 9.15 Å². The van der Waals surface area contributed by atoms with Gasteiger partial charge >= 0.3 is 0 Å². The number of methoxy groups -OCH3 is 1. The van der Waals surface area contributed by atoms with E-state index in [0.717, 1.165) is 38.3 Å². The standard InChI is InChI=1S/C17H23FN4O2/c1-13-11-21(7-8-22(13)9-10-23-2)12-16-19-20-17(24-16)14-3-5-15(18)6-4-14/h3-6,13H,7-12H2,1-2H3/t13-/m1/s1. The monoisotopic (exact) mass is 334 g/mol. The van der Waals surface area contributed by atoms with Gasteiger partial charge in [-0.05, 0) is 31.2 Å². The topological polar surface area (TPSA) is 54.6 Å². The van der Waals surface area contributed by atoms with Crippen LogP contribution >= 0.6 is 0 Å². The van der Waals surface area contributed by atoms with Crippen LogP contribution in [0.4, 0.5) is 4.39 Å². The zero-order chi connectivity index (χ0) is 16.9. The van der Waals surface area contributed by atoms with Gasteiger partial charge in [-0.15, -0.1) is 10.2 Å². The van der Waals surface area contributed by atoms with E-state index in [1.165, 1.54) is 12.1 Å².